The van der Waals surface area contributed by atoms with Crippen LogP contribution in [0.3, 0.4) is 0 Å². The molecular formula is C15H15F5N2O3. The number of halogens is 5. The number of likely N-dealkylation sites (tertiary alicyclic amines) is 1. The van der Waals surface area contributed by atoms with Crippen LogP contribution in [0.1, 0.15) is 28.8 Å². The summed E-state index contributed by atoms with van der Waals surface area (Å²) in [5, 5.41) is 10.9. The zero-order chi connectivity index (χ0) is 18.8. The Morgan fingerprint density at radius 1 is 1.20 bits per heavy atom. The van der Waals surface area contributed by atoms with Crippen molar-refractivity contribution < 1.29 is 36.6 Å². The van der Waals surface area contributed by atoms with Crippen LogP contribution in [-0.4, -0.2) is 47.3 Å². The third-order valence-electron chi connectivity index (χ3n) is 3.98. The van der Waals surface area contributed by atoms with E-state index in [1.807, 2.05) is 0 Å². The molecule has 0 saturated carbocycles. The lowest BCUT2D eigenvalue weighted by Gasteiger charge is -2.35. The third kappa shape index (κ3) is 4.80. The van der Waals surface area contributed by atoms with Gasteiger partial charge < -0.3 is 15.3 Å². The Kier molecular flexibility index (Phi) is 5.19. The van der Waals surface area contributed by atoms with Gasteiger partial charge in [-0.3, -0.25) is 4.79 Å². The summed E-state index contributed by atoms with van der Waals surface area (Å²) < 4.78 is 65.8. The minimum atomic E-state index is -4.82. The molecule has 1 aromatic rings. The summed E-state index contributed by atoms with van der Waals surface area (Å²) in [5.41, 5.74) is -3.76. The zero-order valence-electron chi connectivity index (χ0n) is 12.9. The third-order valence-corrected chi connectivity index (χ3v) is 3.98. The number of hydrogen-bond donors (Lipinski definition) is 2. The Balaban J connectivity index is 2.01. The molecule has 1 aliphatic rings. The van der Waals surface area contributed by atoms with Crippen LogP contribution < -0.4 is 5.32 Å². The average molecular weight is 366 g/mol. The summed E-state index contributed by atoms with van der Waals surface area (Å²) in [7, 11) is 0. The fraction of sp³-hybridized carbons (Fsp3) is 0.467. The highest BCUT2D eigenvalue weighted by Crippen LogP contribution is 2.30. The molecule has 2 rings (SSSR count). The summed E-state index contributed by atoms with van der Waals surface area (Å²) in [5.74, 6) is -2.27. The molecule has 0 unspecified atom stereocenters. The van der Waals surface area contributed by atoms with Gasteiger partial charge in [-0.05, 0) is 18.2 Å². The van der Waals surface area contributed by atoms with Crippen molar-refractivity contribution in [2.24, 2.45) is 0 Å². The van der Waals surface area contributed by atoms with E-state index >= 15 is 0 Å². The van der Waals surface area contributed by atoms with E-state index in [1.54, 1.807) is 0 Å². The molecule has 2 N–H and O–H groups in total. The van der Waals surface area contributed by atoms with Crippen LogP contribution in [0.2, 0.25) is 0 Å². The van der Waals surface area contributed by atoms with Crippen LogP contribution >= 0.6 is 0 Å². The Bertz CT molecular complexity index is 670. The molecule has 0 aromatic heterocycles. The van der Waals surface area contributed by atoms with E-state index in [1.165, 1.54) is 0 Å². The van der Waals surface area contributed by atoms with Crippen molar-refractivity contribution >= 4 is 12.0 Å². The number of nitrogens with one attached hydrogen (secondary N) is 1. The smallest absolute Gasteiger partial charge is 0.416 e. The quantitative estimate of drug-likeness (QED) is 0.808. The van der Waals surface area contributed by atoms with Crippen LogP contribution in [0.15, 0.2) is 18.2 Å². The van der Waals surface area contributed by atoms with Crippen molar-refractivity contribution in [3.05, 3.63) is 35.1 Å². The molecule has 0 spiro atoms. The molecule has 138 valence electrons. The van der Waals surface area contributed by atoms with E-state index in [0.717, 1.165) is 4.90 Å². The number of nitrogens with zero attached hydrogens (tertiary/aromatic N) is 1. The molecule has 25 heavy (non-hydrogen) atoms. The molecule has 0 radical (unpaired) electrons. The van der Waals surface area contributed by atoms with E-state index in [-0.39, 0.29) is 32.0 Å². The maximum absolute atomic E-state index is 14.5. The van der Waals surface area contributed by atoms with Crippen molar-refractivity contribution in [3.63, 3.8) is 0 Å². The first-order chi connectivity index (χ1) is 11.5. The second-order valence-electron chi connectivity index (χ2n) is 5.83. The number of benzene rings is 1. The highest BCUT2D eigenvalue weighted by Gasteiger charge is 2.37. The monoisotopic (exact) mass is 366 g/mol. The highest BCUT2D eigenvalue weighted by molar-refractivity contribution is 5.94. The summed E-state index contributed by atoms with van der Waals surface area (Å²) in [6.07, 6.45) is -6.31. The van der Waals surface area contributed by atoms with Crippen molar-refractivity contribution in [2.45, 2.75) is 24.7 Å². The average Bonchev–Trinajstić information content (AvgIpc) is 2.51. The maximum atomic E-state index is 14.5. The SMILES string of the molecule is O=C(NCC1(F)CCN(C(=O)O)CC1)c1cc(F)cc(C(F)(F)F)c1. The van der Waals surface area contributed by atoms with Crippen molar-refractivity contribution in [1.29, 1.82) is 0 Å². The Morgan fingerprint density at radius 3 is 2.32 bits per heavy atom. The van der Waals surface area contributed by atoms with Gasteiger partial charge in [0.2, 0.25) is 0 Å². The van der Waals surface area contributed by atoms with Crippen LogP contribution in [-0.2, 0) is 6.18 Å². The fourth-order valence-corrected chi connectivity index (χ4v) is 2.50. The fourth-order valence-electron chi connectivity index (χ4n) is 2.50. The van der Waals surface area contributed by atoms with E-state index in [2.05, 4.69) is 5.32 Å². The zero-order valence-corrected chi connectivity index (χ0v) is 12.9. The normalized spacial score (nSPS) is 17.2. The first kappa shape index (κ1) is 18.9. The van der Waals surface area contributed by atoms with E-state index in [0.29, 0.717) is 12.1 Å². The Morgan fingerprint density at radius 2 is 1.80 bits per heavy atom. The number of amides is 2. The number of rotatable bonds is 3. The predicted octanol–water partition coefficient (Wildman–Crippen LogP) is 3.06. The first-order valence-electron chi connectivity index (χ1n) is 7.33. The van der Waals surface area contributed by atoms with E-state index < -0.39 is 47.3 Å². The van der Waals surface area contributed by atoms with Gasteiger partial charge in [-0.25, -0.2) is 13.6 Å². The largest absolute Gasteiger partial charge is 0.465 e. The van der Waals surface area contributed by atoms with Gasteiger partial charge >= 0.3 is 12.3 Å². The molecule has 10 heteroatoms. The lowest BCUT2D eigenvalue weighted by atomic mass is 9.93. The molecule has 0 aliphatic carbocycles. The number of alkyl halides is 4. The number of carbonyl (C=O) groups is 2. The van der Waals surface area contributed by atoms with Crippen LogP contribution in [0.4, 0.5) is 26.7 Å². The summed E-state index contributed by atoms with van der Waals surface area (Å²) >= 11 is 0. The van der Waals surface area contributed by atoms with Gasteiger partial charge in [-0.15, -0.1) is 0 Å². The summed E-state index contributed by atoms with van der Waals surface area (Å²) in [4.78, 5) is 23.7. The second-order valence-corrected chi connectivity index (χ2v) is 5.83. The molecular weight excluding hydrogens is 351 g/mol. The van der Waals surface area contributed by atoms with E-state index in [9.17, 15) is 31.5 Å². The minimum absolute atomic E-state index is 0.0557. The van der Waals surface area contributed by atoms with E-state index in [4.69, 9.17) is 5.11 Å². The van der Waals surface area contributed by atoms with Gasteiger partial charge in [0.05, 0.1) is 12.1 Å². The lowest BCUT2D eigenvalue weighted by molar-refractivity contribution is -0.137. The number of carboxylic acid groups (broad SMARTS) is 1. The number of piperidine rings is 1. The molecule has 0 atom stereocenters. The van der Waals surface area contributed by atoms with Gasteiger partial charge in [0.1, 0.15) is 11.5 Å². The first-order valence-corrected chi connectivity index (χ1v) is 7.33. The summed E-state index contributed by atoms with van der Waals surface area (Å²) in [6.45, 7) is -0.614. The molecule has 5 nitrogen and oxygen atoms in total. The van der Waals surface area contributed by atoms with Gasteiger partial charge in [-0.2, -0.15) is 13.2 Å². The van der Waals surface area contributed by atoms with Gasteiger partial charge in [0.25, 0.3) is 5.91 Å². The maximum Gasteiger partial charge on any atom is 0.416 e. The summed E-state index contributed by atoms with van der Waals surface area (Å²) in [6, 6.07) is 1.37. The molecule has 1 fully saturated rings. The molecule has 1 saturated heterocycles. The van der Waals surface area contributed by atoms with Crippen LogP contribution in [0, 0.1) is 5.82 Å². The highest BCUT2D eigenvalue weighted by atomic mass is 19.4. The molecule has 1 heterocycles. The Labute approximate surface area is 139 Å². The Hall–Kier alpha value is -2.39. The topological polar surface area (TPSA) is 69.6 Å². The second kappa shape index (κ2) is 6.85. The van der Waals surface area contributed by atoms with Crippen molar-refractivity contribution in [3.8, 4) is 0 Å². The molecule has 1 aromatic carbocycles. The van der Waals surface area contributed by atoms with Crippen molar-refractivity contribution in [1.82, 2.24) is 10.2 Å². The predicted molar refractivity (Wildman–Crippen MR) is 76.4 cm³/mol. The minimum Gasteiger partial charge on any atom is -0.465 e. The van der Waals surface area contributed by atoms with Crippen LogP contribution in [0.5, 0.6) is 0 Å². The van der Waals surface area contributed by atoms with Gasteiger partial charge in [0, 0.05) is 31.5 Å². The van der Waals surface area contributed by atoms with Gasteiger partial charge in [-0.1, -0.05) is 0 Å². The lowest BCUT2D eigenvalue weighted by Crippen LogP contribution is -2.49. The van der Waals surface area contributed by atoms with Crippen LogP contribution in [0.25, 0.3) is 0 Å². The van der Waals surface area contributed by atoms with Gasteiger partial charge in [0.15, 0.2) is 0 Å². The molecule has 1 aliphatic heterocycles. The number of carbonyl (C=O) groups excluding carboxylic acids is 1. The standard InChI is InChI=1S/C15H15F5N2O3/c16-11-6-9(5-10(7-11)15(18,19)20)12(23)21-8-14(17)1-3-22(4-2-14)13(24)25/h5-7H,1-4,8H2,(H,21,23)(H,24,25). The number of hydrogen-bond acceptors (Lipinski definition) is 2. The molecule has 0 bridgehead atoms. The molecule has 2 amide bonds. The van der Waals surface area contributed by atoms with Crippen molar-refractivity contribution in [2.75, 3.05) is 19.6 Å².